The van der Waals surface area contributed by atoms with E-state index < -0.39 is 0 Å². The molecule has 2 amide bonds. The largest absolute Gasteiger partial charge is 0.339 e. The van der Waals surface area contributed by atoms with Crippen LogP contribution >= 0.6 is 23.1 Å². The Balaban J connectivity index is 1.49. The Bertz CT molecular complexity index is 773. The van der Waals surface area contributed by atoms with Crippen molar-refractivity contribution in [2.24, 2.45) is 5.92 Å². The molecule has 1 saturated heterocycles. The number of piperidine rings is 1. The summed E-state index contributed by atoms with van der Waals surface area (Å²) in [6.45, 7) is 5.47. The summed E-state index contributed by atoms with van der Waals surface area (Å²) in [5, 5.41) is 12.1. The van der Waals surface area contributed by atoms with Gasteiger partial charge in [-0.15, -0.1) is 10.2 Å². The van der Waals surface area contributed by atoms with Crippen LogP contribution in [0, 0.1) is 5.92 Å². The van der Waals surface area contributed by atoms with E-state index in [1.807, 2.05) is 35.2 Å². The van der Waals surface area contributed by atoms with Gasteiger partial charge in [0, 0.05) is 29.8 Å². The molecule has 0 radical (unpaired) electrons. The van der Waals surface area contributed by atoms with Crippen LogP contribution < -0.4 is 5.32 Å². The summed E-state index contributed by atoms with van der Waals surface area (Å²) in [5.74, 6) is -0.0947. The van der Waals surface area contributed by atoms with Crippen LogP contribution in [-0.2, 0) is 4.79 Å². The second kappa shape index (κ2) is 9.32. The van der Waals surface area contributed by atoms with Crippen LogP contribution in [0.25, 0.3) is 0 Å². The topological polar surface area (TPSA) is 75.2 Å². The van der Waals surface area contributed by atoms with Crippen LogP contribution in [0.3, 0.4) is 0 Å². The number of rotatable bonds is 6. The molecule has 0 unspecified atom stereocenters. The molecule has 3 rings (SSSR count). The Morgan fingerprint density at radius 3 is 2.63 bits per heavy atom. The van der Waals surface area contributed by atoms with Gasteiger partial charge in [-0.25, -0.2) is 0 Å². The van der Waals surface area contributed by atoms with E-state index in [0.717, 1.165) is 10.8 Å². The first-order valence-electron chi connectivity index (χ1n) is 9.22. The number of hydrogen-bond acceptors (Lipinski definition) is 6. The number of hydrogen-bond donors (Lipinski definition) is 1. The highest BCUT2D eigenvalue weighted by Gasteiger charge is 2.28. The molecule has 1 N–H and O–H groups in total. The monoisotopic (exact) mass is 404 g/mol. The first-order chi connectivity index (χ1) is 13.1. The standard InChI is InChI=1S/C19H24N4O2S2/c1-3-13(2)26-19-22-21-18(27-19)20-16(24)14-9-11-23(12-10-14)17(25)15-7-5-4-6-8-15/h4-8,13-14H,3,9-12H2,1-2H3,(H,20,21,24)/t13-/m1/s1. The minimum atomic E-state index is -0.0978. The molecule has 1 fully saturated rings. The second-order valence-corrected chi connectivity index (χ2v) is 9.29. The van der Waals surface area contributed by atoms with E-state index in [4.69, 9.17) is 0 Å². The number of aromatic nitrogens is 2. The van der Waals surface area contributed by atoms with E-state index in [1.54, 1.807) is 11.8 Å². The van der Waals surface area contributed by atoms with Crippen molar-refractivity contribution in [3.63, 3.8) is 0 Å². The molecule has 1 aliphatic rings. The SMILES string of the molecule is CC[C@@H](C)Sc1nnc(NC(=O)C2CCN(C(=O)c3ccccc3)CC2)s1. The molecule has 0 aliphatic carbocycles. The van der Waals surface area contributed by atoms with Gasteiger partial charge in [0.2, 0.25) is 11.0 Å². The third kappa shape index (κ3) is 5.29. The molecule has 27 heavy (non-hydrogen) atoms. The maximum atomic E-state index is 12.5. The zero-order chi connectivity index (χ0) is 19.2. The molecule has 2 heterocycles. The van der Waals surface area contributed by atoms with Crippen molar-refractivity contribution >= 4 is 40.0 Å². The van der Waals surface area contributed by atoms with Crippen molar-refractivity contribution in [3.8, 4) is 0 Å². The van der Waals surface area contributed by atoms with Crippen molar-refractivity contribution in [1.29, 1.82) is 0 Å². The Kier molecular flexibility index (Phi) is 6.84. The Hall–Kier alpha value is -1.93. The maximum Gasteiger partial charge on any atom is 0.253 e. The number of nitrogens with one attached hydrogen (secondary N) is 1. The Labute approximate surface area is 167 Å². The zero-order valence-electron chi connectivity index (χ0n) is 15.6. The van der Waals surface area contributed by atoms with E-state index in [2.05, 4.69) is 29.4 Å². The molecule has 1 atom stereocenters. The highest BCUT2D eigenvalue weighted by molar-refractivity contribution is 8.01. The van der Waals surface area contributed by atoms with Gasteiger partial charge in [0.1, 0.15) is 0 Å². The van der Waals surface area contributed by atoms with Gasteiger partial charge >= 0.3 is 0 Å². The lowest BCUT2D eigenvalue weighted by Gasteiger charge is -2.31. The number of benzene rings is 1. The average Bonchev–Trinajstić information content (AvgIpc) is 3.14. The first kappa shape index (κ1) is 19.8. The molecular weight excluding hydrogens is 380 g/mol. The number of carbonyl (C=O) groups excluding carboxylic acids is 2. The smallest absolute Gasteiger partial charge is 0.253 e. The van der Waals surface area contributed by atoms with E-state index >= 15 is 0 Å². The summed E-state index contributed by atoms with van der Waals surface area (Å²) in [6, 6.07) is 9.28. The fourth-order valence-corrected chi connectivity index (χ4v) is 4.88. The van der Waals surface area contributed by atoms with Crippen LogP contribution in [0.1, 0.15) is 43.5 Å². The second-order valence-electron chi connectivity index (χ2n) is 6.63. The molecule has 6 nitrogen and oxygen atoms in total. The molecule has 1 aliphatic heterocycles. The number of amides is 2. The average molecular weight is 405 g/mol. The van der Waals surface area contributed by atoms with Crippen molar-refractivity contribution in [1.82, 2.24) is 15.1 Å². The van der Waals surface area contributed by atoms with Crippen LogP contribution in [0.15, 0.2) is 34.7 Å². The summed E-state index contributed by atoms with van der Waals surface area (Å²) in [7, 11) is 0. The van der Waals surface area contributed by atoms with Gasteiger partial charge in [0.25, 0.3) is 5.91 Å². The number of carbonyl (C=O) groups is 2. The van der Waals surface area contributed by atoms with Gasteiger partial charge < -0.3 is 10.2 Å². The van der Waals surface area contributed by atoms with Gasteiger partial charge in [-0.3, -0.25) is 9.59 Å². The highest BCUT2D eigenvalue weighted by Crippen LogP contribution is 2.30. The van der Waals surface area contributed by atoms with Crippen LogP contribution in [0.2, 0.25) is 0 Å². The Morgan fingerprint density at radius 2 is 1.96 bits per heavy atom. The molecular formula is C19H24N4O2S2. The zero-order valence-corrected chi connectivity index (χ0v) is 17.2. The third-order valence-corrected chi connectivity index (χ3v) is 6.88. The van der Waals surface area contributed by atoms with Crippen LogP contribution in [0.5, 0.6) is 0 Å². The van der Waals surface area contributed by atoms with Crippen molar-refractivity contribution < 1.29 is 9.59 Å². The molecule has 1 aromatic carbocycles. The lowest BCUT2D eigenvalue weighted by molar-refractivity contribution is -0.121. The van der Waals surface area contributed by atoms with E-state index in [0.29, 0.717) is 41.9 Å². The van der Waals surface area contributed by atoms with E-state index in [-0.39, 0.29) is 17.7 Å². The fraction of sp³-hybridized carbons (Fsp3) is 0.474. The lowest BCUT2D eigenvalue weighted by Crippen LogP contribution is -2.41. The van der Waals surface area contributed by atoms with Crippen molar-refractivity contribution in [2.75, 3.05) is 18.4 Å². The molecule has 8 heteroatoms. The van der Waals surface area contributed by atoms with Gasteiger partial charge in [-0.05, 0) is 31.4 Å². The lowest BCUT2D eigenvalue weighted by atomic mass is 9.95. The van der Waals surface area contributed by atoms with E-state index in [9.17, 15) is 9.59 Å². The third-order valence-electron chi connectivity index (χ3n) is 4.69. The van der Waals surface area contributed by atoms with Gasteiger partial charge in [-0.2, -0.15) is 0 Å². The minimum Gasteiger partial charge on any atom is -0.339 e. The normalized spacial score (nSPS) is 16.1. The molecule has 1 aromatic heterocycles. The highest BCUT2D eigenvalue weighted by atomic mass is 32.2. The van der Waals surface area contributed by atoms with Gasteiger partial charge in [0.15, 0.2) is 4.34 Å². The summed E-state index contributed by atoms with van der Waals surface area (Å²) in [6.07, 6.45) is 2.39. The van der Waals surface area contributed by atoms with E-state index in [1.165, 1.54) is 11.3 Å². The van der Waals surface area contributed by atoms with Gasteiger partial charge in [-0.1, -0.05) is 55.1 Å². The predicted octanol–water partition coefficient (Wildman–Crippen LogP) is 3.92. The maximum absolute atomic E-state index is 12.5. The summed E-state index contributed by atoms with van der Waals surface area (Å²) in [5.41, 5.74) is 0.695. The molecule has 144 valence electrons. The fourth-order valence-electron chi connectivity index (χ4n) is 2.88. The number of thioether (sulfide) groups is 1. The molecule has 2 aromatic rings. The molecule has 0 bridgehead atoms. The predicted molar refractivity (Wildman–Crippen MR) is 109 cm³/mol. The summed E-state index contributed by atoms with van der Waals surface area (Å²) < 4.78 is 0.878. The molecule has 0 saturated carbocycles. The first-order valence-corrected chi connectivity index (χ1v) is 10.9. The van der Waals surface area contributed by atoms with Gasteiger partial charge in [0.05, 0.1) is 0 Å². The molecule has 0 spiro atoms. The number of anilines is 1. The van der Waals surface area contributed by atoms with Crippen molar-refractivity contribution in [2.45, 2.75) is 42.7 Å². The number of likely N-dealkylation sites (tertiary alicyclic amines) is 1. The Morgan fingerprint density at radius 1 is 1.26 bits per heavy atom. The van der Waals surface area contributed by atoms with Crippen LogP contribution in [-0.4, -0.2) is 45.3 Å². The number of nitrogens with zero attached hydrogens (tertiary/aromatic N) is 3. The quantitative estimate of drug-likeness (QED) is 0.583. The van der Waals surface area contributed by atoms with Crippen molar-refractivity contribution in [3.05, 3.63) is 35.9 Å². The summed E-state index contributed by atoms with van der Waals surface area (Å²) >= 11 is 3.09. The summed E-state index contributed by atoms with van der Waals surface area (Å²) in [4.78, 5) is 26.8. The minimum absolute atomic E-state index is 0.0296. The van der Waals surface area contributed by atoms with Crippen LogP contribution in [0.4, 0.5) is 5.13 Å².